The molecule has 166 valence electrons. The molecule has 1 aliphatic rings. The van der Waals surface area contributed by atoms with Crippen LogP contribution in [0.1, 0.15) is 26.3 Å². The number of rotatable bonds is 4. The van der Waals surface area contributed by atoms with Crippen molar-refractivity contribution in [3.05, 3.63) is 46.8 Å². The van der Waals surface area contributed by atoms with Crippen LogP contribution in [-0.4, -0.2) is 45.9 Å². The lowest BCUT2D eigenvalue weighted by molar-refractivity contribution is -0.137. The van der Waals surface area contributed by atoms with Crippen LogP contribution in [-0.2, 0) is 11.0 Å². The fraction of sp³-hybridized carbons (Fsp3) is 0.400. The molecule has 2 aromatic rings. The summed E-state index contributed by atoms with van der Waals surface area (Å²) in [5, 5.41) is 2.35. The number of anilines is 2. The van der Waals surface area contributed by atoms with Crippen molar-refractivity contribution in [1.29, 1.82) is 0 Å². The summed E-state index contributed by atoms with van der Waals surface area (Å²) in [6.07, 6.45) is -2.03. The maximum Gasteiger partial charge on any atom is 0.416 e. The van der Waals surface area contributed by atoms with E-state index in [1.54, 1.807) is 18.3 Å². The number of hydrogen-bond donors (Lipinski definition) is 1. The smallest absolute Gasteiger partial charge is 0.310 e. The van der Waals surface area contributed by atoms with Crippen molar-refractivity contribution in [2.75, 3.05) is 23.3 Å². The number of alkyl halides is 3. The molecule has 7 nitrogen and oxygen atoms in total. The molecule has 0 aliphatic carbocycles. The average Bonchev–Trinajstić information content (AvgIpc) is 2.98. The molecule has 1 saturated heterocycles. The third-order valence-electron chi connectivity index (χ3n) is 4.90. The van der Waals surface area contributed by atoms with Gasteiger partial charge in [0.25, 0.3) is 0 Å². The molecule has 0 unspecified atom stereocenters. The van der Waals surface area contributed by atoms with Crippen LogP contribution in [0.4, 0.5) is 29.5 Å². The summed E-state index contributed by atoms with van der Waals surface area (Å²) in [7, 11) is 0. The fourth-order valence-electron chi connectivity index (χ4n) is 3.31. The van der Waals surface area contributed by atoms with Crippen LogP contribution in [0.25, 0.3) is 0 Å². The molecule has 1 fully saturated rings. The van der Waals surface area contributed by atoms with Crippen molar-refractivity contribution in [1.82, 2.24) is 14.9 Å². The van der Waals surface area contributed by atoms with E-state index in [9.17, 15) is 22.8 Å². The van der Waals surface area contributed by atoms with E-state index >= 15 is 0 Å². The van der Waals surface area contributed by atoms with Crippen LogP contribution in [0.2, 0.25) is 0 Å². The van der Waals surface area contributed by atoms with E-state index < -0.39 is 17.6 Å². The van der Waals surface area contributed by atoms with Gasteiger partial charge in [0.2, 0.25) is 5.91 Å². The van der Waals surface area contributed by atoms with Crippen LogP contribution in [0.5, 0.6) is 0 Å². The average molecular weight is 500 g/mol. The summed E-state index contributed by atoms with van der Waals surface area (Å²) >= 11 is 3.25. The van der Waals surface area contributed by atoms with Gasteiger partial charge in [-0.1, -0.05) is 20.8 Å². The first kappa shape index (κ1) is 23.0. The number of nitrogens with zero attached hydrogens (tertiary/aromatic N) is 4. The van der Waals surface area contributed by atoms with Gasteiger partial charge in [0.05, 0.1) is 23.5 Å². The highest BCUT2D eigenvalue weighted by Crippen LogP contribution is 2.34. The molecule has 1 N–H and O–H groups in total. The normalized spacial score (nSPS) is 17.3. The molecule has 3 amide bonds. The molecule has 0 saturated carbocycles. The van der Waals surface area contributed by atoms with Gasteiger partial charge >= 0.3 is 12.2 Å². The minimum absolute atomic E-state index is 0.229. The van der Waals surface area contributed by atoms with Gasteiger partial charge in [-0.15, -0.1) is 0 Å². The van der Waals surface area contributed by atoms with Gasteiger partial charge in [-0.25, -0.2) is 14.8 Å². The number of aromatic nitrogens is 2. The van der Waals surface area contributed by atoms with Crippen molar-refractivity contribution in [3.8, 4) is 0 Å². The highest BCUT2D eigenvalue weighted by molar-refractivity contribution is 9.10. The summed E-state index contributed by atoms with van der Waals surface area (Å²) in [6, 6.07) is 4.35. The zero-order chi connectivity index (χ0) is 23.0. The van der Waals surface area contributed by atoms with Crippen molar-refractivity contribution >= 4 is 39.4 Å². The number of hydrogen-bond acceptors (Lipinski definition) is 4. The lowest BCUT2D eigenvalue weighted by atomic mass is 9.86. The molecule has 2 aromatic heterocycles. The second kappa shape index (κ2) is 8.45. The molecule has 1 atom stereocenters. The number of halogens is 4. The highest BCUT2D eigenvalue weighted by Gasteiger charge is 2.44. The molecule has 11 heteroatoms. The number of urea groups is 1. The number of nitrogens with one attached hydrogen (secondary N) is 1. The topological polar surface area (TPSA) is 78.4 Å². The van der Waals surface area contributed by atoms with E-state index in [1.807, 2.05) is 20.8 Å². The van der Waals surface area contributed by atoms with E-state index in [0.717, 1.165) is 18.3 Å². The molecule has 3 heterocycles. The predicted molar refractivity (Wildman–Crippen MR) is 112 cm³/mol. The summed E-state index contributed by atoms with van der Waals surface area (Å²) in [5.74, 6) is -0.863. The van der Waals surface area contributed by atoms with Gasteiger partial charge in [0.15, 0.2) is 0 Å². The van der Waals surface area contributed by atoms with Gasteiger partial charge < -0.3 is 10.2 Å². The lowest BCUT2D eigenvalue weighted by Gasteiger charge is -2.33. The monoisotopic (exact) mass is 499 g/mol. The first-order valence-corrected chi connectivity index (χ1v) is 10.2. The second-order valence-corrected chi connectivity index (χ2v) is 9.03. The van der Waals surface area contributed by atoms with E-state index in [0.29, 0.717) is 16.8 Å². The first-order valence-electron chi connectivity index (χ1n) is 9.39. The van der Waals surface area contributed by atoms with Gasteiger partial charge in [-0.3, -0.25) is 9.69 Å². The summed E-state index contributed by atoms with van der Waals surface area (Å²) < 4.78 is 39.3. The number of carbonyl (C=O) groups excluding carboxylic acids is 2. The molecule has 0 aromatic carbocycles. The minimum Gasteiger partial charge on any atom is -0.310 e. The quantitative estimate of drug-likeness (QED) is 0.625. The maximum atomic E-state index is 13.1. The molecule has 31 heavy (non-hydrogen) atoms. The van der Waals surface area contributed by atoms with Crippen LogP contribution in [0, 0.1) is 5.41 Å². The molecule has 3 rings (SSSR count). The third kappa shape index (κ3) is 5.33. The zero-order valence-corrected chi connectivity index (χ0v) is 18.7. The Kier molecular flexibility index (Phi) is 6.26. The van der Waals surface area contributed by atoms with Gasteiger partial charge in [0, 0.05) is 12.7 Å². The van der Waals surface area contributed by atoms with Crippen LogP contribution >= 0.6 is 15.9 Å². The minimum atomic E-state index is -4.55. The lowest BCUT2D eigenvalue weighted by Crippen LogP contribution is -2.46. The number of amides is 3. The fourth-order valence-corrected chi connectivity index (χ4v) is 3.55. The third-order valence-corrected chi connectivity index (χ3v) is 5.37. The van der Waals surface area contributed by atoms with Crippen molar-refractivity contribution in [3.63, 3.8) is 0 Å². The van der Waals surface area contributed by atoms with E-state index in [1.165, 1.54) is 9.80 Å². The number of pyridine rings is 2. The Bertz CT molecular complexity index is 976. The van der Waals surface area contributed by atoms with Crippen molar-refractivity contribution in [2.45, 2.75) is 33.0 Å². The molecular weight excluding hydrogens is 479 g/mol. The number of carbonyl (C=O) groups is 2. The largest absolute Gasteiger partial charge is 0.416 e. The van der Waals surface area contributed by atoms with Gasteiger partial charge in [-0.2, -0.15) is 13.2 Å². The summed E-state index contributed by atoms with van der Waals surface area (Å²) in [5.41, 5.74) is -0.677. The second-order valence-electron chi connectivity index (χ2n) is 8.22. The molecule has 0 spiro atoms. The molecule has 0 bridgehead atoms. The van der Waals surface area contributed by atoms with E-state index in [2.05, 4.69) is 31.2 Å². The first-order chi connectivity index (χ1) is 14.4. The standard InChI is InChI=1S/C20H21BrF3N5O2/c1-19(2,3)14-10-28(13-4-5-15(21)26-9-13)18(31)29(14)11-17(30)27-16-8-12(6-7-25-16)20(22,23)24/h4-9,14H,10-11H2,1-3H3,(H,25,27,30)/t14-/m1/s1. The Hall–Kier alpha value is -2.69. The SMILES string of the molecule is CC(C)(C)[C@H]1CN(c2ccc(Br)nc2)C(=O)N1CC(=O)Nc1cc(C(F)(F)F)ccn1. The maximum absolute atomic E-state index is 13.1. The summed E-state index contributed by atoms with van der Waals surface area (Å²) in [4.78, 5) is 36.5. The van der Waals surface area contributed by atoms with Crippen LogP contribution in [0.15, 0.2) is 41.3 Å². The molecule has 0 radical (unpaired) electrons. The Balaban J connectivity index is 1.78. The Morgan fingerprint density at radius 2 is 1.94 bits per heavy atom. The Labute approximate surface area is 185 Å². The predicted octanol–water partition coefficient (Wildman–Crippen LogP) is 4.55. The molecule has 1 aliphatic heterocycles. The molecular formula is C20H21BrF3N5O2. The van der Waals surface area contributed by atoms with Crippen molar-refractivity contribution in [2.24, 2.45) is 5.41 Å². The van der Waals surface area contributed by atoms with E-state index in [-0.39, 0.29) is 29.9 Å². The van der Waals surface area contributed by atoms with Gasteiger partial charge in [-0.05, 0) is 45.6 Å². The Morgan fingerprint density at radius 1 is 1.23 bits per heavy atom. The summed E-state index contributed by atoms with van der Waals surface area (Å²) in [6.45, 7) is 5.88. The van der Waals surface area contributed by atoms with Crippen LogP contribution in [0.3, 0.4) is 0 Å². The van der Waals surface area contributed by atoms with Crippen molar-refractivity contribution < 1.29 is 22.8 Å². The zero-order valence-electron chi connectivity index (χ0n) is 17.1. The van der Waals surface area contributed by atoms with Crippen LogP contribution < -0.4 is 10.2 Å². The van der Waals surface area contributed by atoms with Gasteiger partial charge in [0.1, 0.15) is 17.0 Å². The highest BCUT2D eigenvalue weighted by atomic mass is 79.9. The Morgan fingerprint density at radius 3 is 2.52 bits per heavy atom. The van der Waals surface area contributed by atoms with E-state index in [4.69, 9.17) is 0 Å².